The van der Waals surface area contributed by atoms with Crippen molar-refractivity contribution in [2.45, 2.75) is 43.9 Å². The summed E-state index contributed by atoms with van der Waals surface area (Å²) >= 11 is 0. The van der Waals surface area contributed by atoms with Gasteiger partial charge in [-0.3, -0.25) is 4.68 Å². The molecule has 0 radical (unpaired) electrons. The van der Waals surface area contributed by atoms with Gasteiger partial charge in [0.15, 0.2) is 5.82 Å². The number of nitrogens with zero attached hydrogens (tertiary/aromatic N) is 5. The maximum Gasteiger partial charge on any atom is 0.252 e. The highest BCUT2D eigenvalue weighted by molar-refractivity contribution is 7.89. The largest absolute Gasteiger partial charge is 0.367 e. The molecule has 1 aliphatic rings. The highest BCUT2D eigenvalue weighted by Gasteiger charge is 2.36. The maximum absolute atomic E-state index is 12.8. The molecule has 1 saturated heterocycles. The molecule has 3 aromatic rings. The van der Waals surface area contributed by atoms with Crippen LogP contribution < -0.4 is 0 Å². The van der Waals surface area contributed by atoms with Crippen LogP contribution in [0.1, 0.15) is 36.5 Å². The summed E-state index contributed by atoms with van der Waals surface area (Å²) in [5.41, 5.74) is 1.07. The molecular weight excluding hydrogens is 394 g/mol. The van der Waals surface area contributed by atoms with Crippen LogP contribution in [0.4, 0.5) is 0 Å². The van der Waals surface area contributed by atoms with E-state index in [1.807, 2.05) is 37.3 Å². The molecule has 154 valence electrons. The first-order valence-electron chi connectivity index (χ1n) is 9.53. The van der Waals surface area contributed by atoms with Crippen LogP contribution in [0.2, 0.25) is 0 Å². The number of ether oxygens (including phenoxy) is 1. The molecule has 10 heteroatoms. The molecular formula is C19H23N5O4S. The van der Waals surface area contributed by atoms with Crippen LogP contribution in [-0.4, -0.2) is 45.7 Å². The van der Waals surface area contributed by atoms with Crippen molar-refractivity contribution in [3.63, 3.8) is 0 Å². The Bertz CT molecular complexity index is 1050. The number of rotatable bonds is 8. The second kappa shape index (κ2) is 8.44. The number of aromatic nitrogens is 4. The van der Waals surface area contributed by atoms with Gasteiger partial charge in [0.05, 0.1) is 12.8 Å². The summed E-state index contributed by atoms with van der Waals surface area (Å²) < 4.78 is 39.6. The molecule has 4 rings (SSSR count). The molecule has 29 heavy (non-hydrogen) atoms. The fraction of sp³-hybridized carbons (Fsp3) is 0.421. The van der Waals surface area contributed by atoms with Gasteiger partial charge in [-0.1, -0.05) is 35.5 Å². The summed E-state index contributed by atoms with van der Waals surface area (Å²) in [5.74, 6) is 0.810. The Balaban J connectivity index is 1.34. The lowest BCUT2D eigenvalue weighted by molar-refractivity contribution is 0.0850. The fourth-order valence-corrected chi connectivity index (χ4v) is 4.74. The highest BCUT2D eigenvalue weighted by Crippen LogP contribution is 2.29. The molecule has 2 aromatic heterocycles. The zero-order chi connectivity index (χ0) is 20.3. The van der Waals surface area contributed by atoms with Crippen LogP contribution in [-0.2, 0) is 34.5 Å². The molecule has 9 nitrogen and oxygen atoms in total. The van der Waals surface area contributed by atoms with Crippen molar-refractivity contribution in [3.8, 4) is 0 Å². The number of benzene rings is 1. The average molecular weight is 417 g/mol. The molecule has 0 saturated carbocycles. The molecule has 0 aliphatic carbocycles. The molecule has 0 amide bonds. The van der Waals surface area contributed by atoms with Crippen molar-refractivity contribution < 1.29 is 17.7 Å². The Morgan fingerprint density at radius 2 is 2.07 bits per heavy atom. The summed E-state index contributed by atoms with van der Waals surface area (Å²) in [6.45, 7) is 3.94. The highest BCUT2D eigenvalue weighted by atomic mass is 32.2. The standard InChI is InChI=1S/C19H23N5O4S/c1-2-23-12-17(10-20-23)29(25,26)24-9-8-16(11-24)19-21-18(28-22-19)14-27-13-15-6-4-3-5-7-15/h3-7,10,12,16H,2,8-9,11,13-14H2,1H3. The lowest BCUT2D eigenvalue weighted by atomic mass is 10.1. The summed E-state index contributed by atoms with van der Waals surface area (Å²) in [7, 11) is -3.57. The van der Waals surface area contributed by atoms with E-state index in [-0.39, 0.29) is 17.4 Å². The third-order valence-corrected chi connectivity index (χ3v) is 6.73. The first kappa shape index (κ1) is 19.7. The third kappa shape index (κ3) is 4.39. The molecule has 3 heterocycles. The van der Waals surface area contributed by atoms with Gasteiger partial charge >= 0.3 is 0 Å². The van der Waals surface area contributed by atoms with E-state index in [9.17, 15) is 8.42 Å². The summed E-state index contributed by atoms with van der Waals surface area (Å²) in [6, 6.07) is 9.83. The summed E-state index contributed by atoms with van der Waals surface area (Å²) in [6.07, 6.45) is 3.59. The first-order chi connectivity index (χ1) is 14.1. The number of sulfonamides is 1. The van der Waals surface area contributed by atoms with Crippen LogP contribution >= 0.6 is 0 Å². The van der Waals surface area contributed by atoms with E-state index in [0.717, 1.165) is 5.56 Å². The van der Waals surface area contributed by atoms with Crippen LogP contribution in [0, 0.1) is 0 Å². The van der Waals surface area contributed by atoms with E-state index in [0.29, 0.717) is 44.4 Å². The minimum Gasteiger partial charge on any atom is -0.367 e. The van der Waals surface area contributed by atoms with Crippen molar-refractivity contribution in [1.29, 1.82) is 0 Å². The van der Waals surface area contributed by atoms with Gasteiger partial charge in [0.2, 0.25) is 10.0 Å². The minimum atomic E-state index is -3.57. The maximum atomic E-state index is 12.8. The predicted octanol–water partition coefficient (Wildman–Crippen LogP) is 2.18. The van der Waals surface area contributed by atoms with Crippen molar-refractivity contribution >= 4 is 10.0 Å². The molecule has 0 spiro atoms. The Labute approximate surface area is 169 Å². The predicted molar refractivity (Wildman–Crippen MR) is 103 cm³/mol. The zero-order valence-corrected chi connectivity index (χ0v) is 17.0. The van der Waals surface area contributed by atoms with Gasteiger partial charge in [-0.15, -0.1) is 0 Å². The topological polar surface area (TPSA) is 103 Å². The van der Waals surface area contributed by atoms with Crippen molar-refractivity contribution in [1.82, 2.24) is 24.2 Å². The molecule has 0 N–H and O–H groups in total. The van der Waals surface area contributed by atoms with Crippen LogP contribution in [0.15, 0.2) is 52.1 Å². The molecule has 1 aromatic carbocycles. The molecule has 1 atom stereocenters. The molecule has 1 unspecified atom stereocenters. The van der Waals surface area contributed by atoms with Gasteiger partial charge in [0.25, 0.3) is 5.89 Å². The van der Waals surface area contributed by atoms with E-state index >= 15 is 0 Å². The summed E-state index contributed by atoms with van der Waals surface area (Å²) in [4.78, 5) is 4.60. The van der Waals surface area contributed by atoms with Crippen LogP contribution in [0.3, 0.4) is 0 Å². The SMILES string of the molecule is CCn1cc(S(=O)(=O)N2CCC(c3noc(COCc4ccccc4)n3)C2)cn1. The quantitative estimate of drug-likeness (QED) is 0.553. The molecule has 1 fully saturated rings. The Hall–Kier alpha value is -2.56. The molecule has 1 aliphatic heterocycles. The number of aryl methyl sites for hydroxylation is 1. The minimum absolute atomic E-state index is 0.0994. The first-order valence-corrected chi connectivity index (χ1v) is 11.0. The Kier molecular flexibility index (Phi) is 5.74. The number of hydrogen-bond acceptors (Lipinski definition) is 7. The van der Waals surface area contributed by atoms with E-state index in [1.54, 1.807) is 10.9 Å². The van der Waals surface area contributed by atoms with Gasteiger partial charge in [0, 0.05) is 31.7 Å². The zero-order valence-electron chi connectivity index (χ0n) is 16.1. The van der Waals surface area contributed by atoms with Gasteiger partial charge < -0.3 is 9.26 Å². The van der Waals surface area contributed by atoms with E-state index in [1.165, 1.54) is 10.5 Å². The average Bonchev–Trinajstić information content (AvgIpc) is 3.48. The third-order valence-electron chi connectivity index (χ3n) is 4.91. The second-order valence-electron chi connectivity index (χ2n) is 6.91. The smallest absolute Gasteiger partial charge is 0.252 e. The van der Waals surface area contributed by atoms with Crippen LogP contribution in [0.25, 0.3) is 0 Å². The molecule has 0 bridgehead atoms. The van der Waals surface area contributed by atoms with E-state index in [4.69, 9.17) is 9.26 Å². The van der Waals surface area contributed by atoms with E-state index < -0.39 is 10.0 Å². The lowest BCUT2D eigenvalue weighted by Crippen LogP contribution is -2.28. The van der Waals surface area contributed by atoms with Crippen molar-refractivity contribution in [2.75, 3.05) is 13.1 Å². The summed E-state index contributed by atoms with van der Waals surface area (Å²) in [5, 5.41) is 8.09. The lowest BCUT2D eigenvalue weighted by Gasteiger charge is -2.14. The van der Waals surface area contributed by atoms with Crippen molar-refractivity contribution in [3.05, 3.63) is 60.0 Å². The Morgan fingerprint density at radius 3 is 2.83 bits per heavy atom. The second-order valence-corrected chi connectivity index (χ2v) is 8.84. The normalized spacial score (nSPS) is 17.8. The van der Waals surface area contributed by atoms with Gasteiger partial charge in [-0.05, 0) is 18.9 Å². The van der Waals surface area contributed by atoms with E-state index in [2.05, 4.69) is 15.2 Å². The fourth-order valence-electron chi connectivity index (χ4n) is 3.28. The number of hydrogen-bond donors (Lipinski definition) is 0. The monoisotopic (exact) mass is 417 g/mol. The van der Waals surface area contributed by atoms with Gasteiger partial charge in [-0.25, -0.2) is 8.42 Å². The van der Waals surface area contributed by atoms with Gasteiger partial charge in [-0.2, -0.15) is 14.4 Å². The Morgan fingerprint density at radius 1 is 1.24 bits per heavy atom. The van der Waals surface area contributed by atoms with Gasteiger partial charge in [0.1, 0.15) is 11.5 Å². The van der Waals surface area contributed by atoms with Crippen LogP contribution in [0.5, 0.6) is 0 Å². The van der Waals surface area contributed by atoms with Crippen molar-refractivity contribution in [2.24, 2.45) is 0 Å².